The van der Waals surface area contributed by atoms with Gasteiger partial charge in [-0.25, -0.2) is 0 Å². The molecule has 0 N–H and O–H groups in total. The van der Waals surface area contributed by atoms with Crippen molar-refractivity contribution in [1.82, 2.24) is 9.13 Å². The molecule has 2 aromatic heterocycles. The fraction of sp³-hybridized carbons (Fsp3) is 0.306. The summed E-state index contributed by atoms with van der Waals surface area (Å²) < 4.78 is 8.50. The van der Waals surface area contributed by atoms with E-state index >= 15 is 0 Å². The molecule has 268 valence electrons. The number of aryl methyl sites for hydroxylation is 2. The van der Waals surface area contributed by atoms with Crippen LogP contribution in [0.1, 0.15) is 81.5 Å². The molecule has 54 heavy (non-hydrogen) atoms. The predicted molar refractivity (Wildman–Crippen MR) is 236 cm³/mol. The summed E-state index contributed by atoms with van der Waals surface area (Å²) in [6.45, 7) is 12.7. The fourth-order valence-corrected chi connectivity index (χ4v) is 17.5. The Morgan fingerprint density at radius 2 is 1.22 bits per heavy atom. The van der Waals surface area contributed by atoms with Crippen LogP contribution in [0.15, 0.2) is 97.1 Å². The molecule has 2 aliphatic carbocycles. The molecule has 4 heterocycles. The Labute approximate surface area is 328 Å². The van der Waals surface area contributed by atoms with E-state index in [0.717, 1.165) is 0 Å². The van der Waals surface area contributed by atoms with Crippen LogP contribution in [0, 0.1) is 0 Å². The molecule has 2 nitrogen and oxygen atoms in total. The van der Waals surface area contributed by atoms with Gasteiger partial charge in [-0.15, -0.1) is 0 Å². The number of para-hydroxylation sites is 2. The van der Waals surface area contributed by atoms with Crippen LogP contribution in [0.5, 0.6) is 0 Å². The molecule has 7 aromatic rings. The van der Waals surface area contributed by atoms with Gasteiger partial charge in [-0.2, -0.15) is 0 Å². The number of aromatic nitrogens is 2. The first kappa shape index (κ1) is 33.3. The topological polar surface area (TPSA) is 9.86 Å². The van der Waals surface area contributed by atoms with E-state index in [9.17, 15) is 0 Å². The second-order valence-corrected chi connectivity index (χ2v) is 24.6. The van der Waals surface area contributed by atoms with Crippen molar-refractivity contribution in [2.75, 3.05) is 0 Å². The Kier molecular flexibility index (Phi) is 7.40. The molecule has 0 saturated carbocycles. The third-order valence-electron chi connectivity index (χ3n) is 13.9. The third-order valence-corrected chi connectivity index (χ3v) is 21.0. The minimum atomic E-state index is -2.03. The molecule has 2 aliphatic heterocycles. The molecular weight excluding hydrogens is 734 g/mol. The van der Waals surface area contributed by atoms with Crippen molar-refractivity contribution in [2.45, 2.75) is 97.1 Å². The Morgan fingerprint density at radius 3 is 1.85 bits per heavy atom. The molecule has 0 fully saturated rings. The first-order valence-corrected chi connectivity index (χ1v) is 25.0. The van der Waals surface area contributed by atoms with E-state index in [4.69, 9.17) is 0 Å². The molecule has 0 amide bonds. The zero-order chi connectivity index (χ0) is 36.5. The van der Waals surface area contributed by atoms with Gasteiger partial charge < -0.3 is 0 Å². The Morgan fingerprint density at radius 1 is 0.630 bits per heavy atom. The Hall–Kier alpha value is -4.02. The third kappa shape index (κ3) is 4.65. The molecule has 4 aliphatic rings. The molecular formula is C49H49BN2SeSi. The van der Waals surface area contributed by atoms with Crippen LogP contribution < -0.4 is 35.7 Å². The maximum absolute atomic E-state index is 2.68. The second-order valence-electron chi connectivity index (χ2n) is 17.9. The Balaban J connectivity index is 1.16. The van der Waals surface area contributed by atoms with Gasteiger partial charge in [-0.3, -0.25) is 0 Å². The number of benzene rings is 5. The molecule has 0 saturated heterocycles. The van der Waals surface area contributed by atoms with Gasteiger partial charge in [0.15, 0.2) is 0 Å². The number of hydrogen-bond donors (Lipinski definition) is 0. The summed E-state index contributed by atoms with van der Waals surface area (Å²) in [5.41, 5.74) is 18.1. The molecule has 0 bridgehead atoms. The molecule has 5 heteroatoms. The van der Waals surface area contributed by atoms with Gasteiger partial charge in [0.2, 0.25) is 0 Å². The zero-order valence-electron chi connectivity index (χ0n) is 32.5. The van der Waals surface area contributed by atoms with Crippen LogP contribution in [0.25, 0.3) is 33.2 Å². The monoisotopic (exact) mass is 784 g/mol. The van der Waals surface area contributed by atoms with E-state index in [0.29, 0.717) is 0 Å². The van der Waals surface area contributed by atoms with E-state index in [-0.39, 0.29) is 27.1 Å². The van der Waals surface area contributed by atoms with Crippen molar-refractivity contribution in [1.29, 1.82) is 0 Å². The second kappa shape index (κ2) is 12.0. The number of hydrogen-bond acceptors (Lipinski definition) is 0. The van der Waals surface area contributed by atoms with Gasteiger partial charge >= 0.3 is 330 Å². The average molecular weight is 784 g/mol. The van der Waals surface area contributed by atoms with Crippen LogP contribution in [-0.2, 0) is 31.1 Å². The molecule has 0 radical (unpaired) electrons. The van der Waals surface area contributed by atoms with Crippen LogP contribution in [0.2, 0.25) is 12.6 Å². The van der Waals surface area contributed by atoms with Gasteiger partial charge in [0.25, 0.3) is 0 Å². The van der Waals surface area contributed by atoms with E-state index in [1.807, 2.05) is 0 Å². The zero-order valence-corrected chi connectivity index (χ0v) is 35.2. The predicted octanol–water partition coefficient (Wildman–Crippen LogP) is 6.64. The summed E-state index contributed by atoms with van der Waals surface area (Å²) in [6, 6.07) is 40.3. The van der Waals surface area contributed by atoms with Crippen LogP contribution >= 0.6 is 0 Å². The number of nitrogens with zero attached hydrogens (tertiary/aromatic N) is 2. The molecule has 5 aromatic carbocycles. The summed E-state index contributed by atoms with van der Waals surface area (Å²) in [4.78, 5) is 0. The average Bonchev–Trinajstić information content (AvgIpc) is 3.71. The molecule has 0 spiro atoms. The van der Waals surface area contributed by atoms with Crippen LogP contribution in [0.4, 0.5) is 0 Å². The summed E-state index contributed by atoms with van der Waals surface area (Å²) in [5.74, 6) is 0. The van der Waals surface area contributed by atoms with Crippen molar-refractivity contribution in [3.63, 3.8) is 0 Å². The summed E-state index contributed by atoms with van der Waals surface area (Å²) in [7, 11) is -2.03. The molecule has 1 atom stereocenters. The van der Waals surface area contributed by atoms with Gasteiger partial charge in [0.1, 0.15) is 0 Å². The summed E-state index contributed by atoms with van der Waals surface area (Å²) in [5, 5.41) is 6.28. The number of fused-ring (bicyclic) bond motifs is 10. The minimum absolute atomic E-state index is 0.101. The van der Waals surface area contributed by atoms with E-state index < -0.39 is 8.07 Å². The van der Waals surface area contributed by atoms with Crippen LogP contribution in [-0.4, -0.2) is 38.9 Å². The Bertz CT molecular complexity index is 2710. The van der Waals surface area contributed by atoms with E-state index in [1.165, 1.54) is 96.2 Å². The summed E-state index contributed by atoms with van der Waals surface area (Å²) >= 11 is 0.226. The van der Waals surface area contributed by atoms with Crippen molar-refractivity contribution < 1.29 is 0 Å². The van der Waals surface area contributed by atoms with Gasteiger partial charge in [0.05, 0.1) is 0 Å². The van der Waals surface area contributed by atoms with Crippen molar-refractivity contribution in [3.8, 4) is 11.4 Å². The van der Waals surface area contributed by atoms with Gasteiger partial charge in [-0.05, 0) is 0 Å². The van der Waals surface area contributed by atoms with Crippen molar-refractivity contribution >= 4 is 87.2 Å². The van der Waals surface area contributed by atoms with E-state index in [1.54, 1.807) is 58.2 Å². The fourth-order valence-electron chi connectivity index (χ4n) is 11.0. The van der Waals surface area contributed by atoms with Gasteiger partial charge in [-0.1, -0.05) is 0 Å². The summed E-state index contributed by atoms with van der Waals surface area (Å²) in [6.07, 6.45) is 9.89. The SMILES string of the molecule is CC[Si]1(C)c2ccc(-n3c4c(c5ccccc53)CCCC4)cc2B2c3ccc(-n4c5c(c6ccccc64)CCCC5)cc3[Se]c3cc(C(C)(C)C)cc1c32. The van der Waals surface area contributed by atoms with Crippen molar-refractivity contribution in [2.24, 2.45) is 0 Å². The standard InChI is InChI=1S/C49H49BN2SeSi/c1-6-54(5)46-26-24-32(51-40-19-11-7-15-34(40)35-16-8-12-20-41(35)51)29-39(46)50-38-25-23-33(52-42-21-13-9-17-36(42)37-18-10-14-22-43(37)52)30-44(38)53-45-27-31(49(2,3)4)28-47(54)48(45)50/h7,9,11,13,15,17,19,21,23-30H,6,8,10,12,14,16,18,20,22H2,1-5H3. The van der Waals surface area contributed by atoms with Crippen molar-refractivity contribution in [3.05, 3.63) is 125 Å². The first-order valence-electron chi connectivity index (χ1n) is 20.6. The van der Waals surface area contributed by atoms with E-state index in [2.05, 4.69) is 140 Å². The molecule has 11 rings (SSSR count). The van der Waals surface area contributed by atoms with Gasteiger partial charge in [0, 0.05) is 0 Å². The quantitative estimate of drug-likeness (QED) is 0.178. The number of rotatable bonds is 3. The maximum atomic E-state index is 2.68. The normalized spacial score (nSPS) is 18.6. The first-order chi connectivity index (χ1) is 26.2. The van der Waals surface area contributed by atoms with Crippen LogP contribution in [0.3, 0.4) is 0 Å². The molecule has 1 unspecified atom stereocenters.